The van der Waals surface area contributed by atoms with Crippen LogP contribution in [0.3, 0.4) is 0 Å². The molecule has 7 heteroatoms. The van der Waals surface area contributed by atoms with E-state index in [-0.39, 0.29) is 0 Å². The third-order valence-corrected chi connectivity index (χ3v) is 7.37. The Balaban J connectivity index is 1.46. The molecule has 138 valence electrons. The fourth-order valence-electron chi connectivity index (χ4n) is 2.72. The van der Waals surface area contributed by atoms with Gasteiger partial charge in [0.25, 0.3) is 0 Å². The van der Waals surface area contributed by atoms with E-state index in [1.165, 1.54) is 16.0 Å². The fraction of sp³-hybridized carbons (Fsp3) is 0.250. The summed E-state index contributed by atoms with van der Waals surface area (Å²) < 4.78 is 2.07. The largest absolute Gasteiger partial charge is 0.305 e. The number of hydrogen-bond donors (Lipinski definition) is 0. The van der Waals surface area contributed by atoms with Crippen molar-refractivity contribution >= 4 is 34.4 Å². The van der Waals surface area contributed by atoms with E-state index in [0.29, 0.717) is 0 Å². The SMILES string of the molecule is CCc1cc(-c2nnc(SCc3csc(-c4ccc(C)cc4)n3)n2C)cs1. The van der Waals surface area contributed by atoms with Crippen LogP contribution in [0.5, 0.6) is 0 Å². The highest BCUT2D eigenvalue weighted by atomic mass is 32.2. The van der Waals surface area contributed by atoms with Crippen LogP contribution in [0.25, 0.3) is 22.0 Å². The molecule has 0 aliphatic carbocycles. The van der Waals surface area contributed by atoms with E-state index in [1.54, 1.807) is 34.4 Å². The maximum absolute atomic E-state index is 4.78. The zero-order valence-corrected chi connectivity index (χ0v) is 17.9. The van der Waals surface area contributed by atoms with Crippen molar-refractivity contribution in [2.24, 2.45) is 7.05 Å². The second kappa shape index (κ2) is 7.96. The lowest BCUT2D eigenvalue weighted by atomic mass is 10.2. The second-order valence-corrected chi connectivity index (χ2v) is 9.12. The number of benzene rings is 1. The Labute approximate surface area is 171 Å². The highest BCUT2D eigenvalue weighted by Crippen LogP contribution is 2.30. The minimum atomic E-state index is 0.790. The van der Waals surface area contributed by atoms with E-state index >= 15 is 0 Å². The fourth-order valence-corrected chi connectivity index (χ4v) is 5.26. The number of nitrogens with zero attached hydrogens (tertiary/aromatic N) is 4. The van der Waals surface area contributed by atoms with Crippen LogP contribution >= 0.6 is 34.4 Å². The van der Waals surface area contributed by atoms with Gasteiger partial charge in [-0.3, -0.25) is 0 Å². The molecule has 0 bridgehead atoms. The first-order chi connectivity index (χ1) is 13.1. The summed E-state index contributed by atoms with van der Waals surface area (Å²) in [5, 5.41) is 15.0. The van der Waals surface area contributed by atoms with E-state index < -0.39 is 0 Å². The average Bonchev–Trinajstić information content (AvgIpc) is 3.40. The molecule has 1 aromatic carbocycles. The molecule has 3 heterocycles. The van der Waals surface area contributed by atoms with Crippen molar-refractivity contribution < 1.29 is 0 Å². The Morgan fingerprint density at radius 2 is 1.85 bits per heavy atom. The molecule has 0 spiro atoms. The van der Waals surface area contributed by atoms with Crippen LogP contribution in [0.15, 0.2) is 46.2 Å². The smallest absolute Gasteiger partial charge is 0.191 e. The number of hydrogen-bond acceptors (Lipinski definition) is 6. The average molecular weight is 413 g/mol. The van der Waals surface area contributed by atoms with Crippen molar-refractivity contribution in [3.63, 3.8) is 0 Å². The molecule has 0 fully saturated rings. The zero-order valence-electron chi connectivity index (χ0n) is 15.5. The van der Waals surface area contributed by atoms with Gasteiger partial charge in [-0.25, -0.2) is 4.98 Å². The molecule has 4 rings (SSSR count). The second-order valence-electron chi connectivity index (χ2n) is 6.32. The van der Waals surface area contributed by atoms with Gasteiger partial charge < -0.3 is 4.57 Å². The Bertz CT molecular complexity index is 1040. The maximum atomic E-state index is 4.78. The van der Waals surface area contributed by atoms with Gasteiger partial charge in [0, 0.05) is 39.6 Å². The quantitative estimate of drug-likeness (QED) is 0.374. The van der Waals surface area contributed by atoms with Crippen LogP contribution < -0.4 is 0 Å². The van der Waals surface area contributed by atoms with Gasteiger partial charge >= 0.3 is 0 Å². The van der Waals surface area contributed by atoms with Crippen molar-refractivity contribution in [1.82, 2.24) is 19.7 Å². The van der Waals surface area contributed by atoms with Crippen LogP contribution in [-0.4, -0.2) is 19.7 Å². The molecular formula is C20H20N4S3. The first kappa shape index (κ1) is 18.4. The number of aryl methyl sites for hydroxylation is 2. The van der Waals surface area contributed by atoms with Crippen molar-refractivity contribution in [3.8, 4) is 22.0 Å². The van der Waals surface area contributed by atoms with E-state index in [9.17, 15) is 0 Å². The highest BCUT2D eigenvalue weighted by Gasteiger charge is 2.14. The number of rotatable bonds is 6. The van der Waals surface area contributed by atoms with E-state index in [1.807, 2.05) is 7.05 Å². The molecule has 27 heavy (non-hydrogen) atoms. The van der Waals surface area contributed by atoms with E-state index in [0.717, 1.165) is 39.4 Å². The molecule has 0 saturated carbocycles. The molecule has 0 aliphatic heterocycles. The maximum Gasteiger partial charge on any atom is 0.191 e. The molecule has 0 atom stereocenters. The van der Waals surface area contributed by atoms with Crippen LogP contribution in [0.4, 0.5) is 0 Å². The van der Waals surface area contributed by atoms with Gasteiger partial charge in [-0.1, -0.05) is 48.5 Å². The van der Waals surface area contributed by atoms with Crippen molar-refractivity contribution in [1.29, 1.82) is 0 Å². The highest BCUT2D eigenvalue weighted by molar-refractivity contribution is 7.98. The van der Waals surface area contributed by atoms with Crippen LogP contribution in [0.1, 0.15) is 23.1 Å². The lowest BCUT2D eigenvalue weighted by molar-refractivity contribution is 0.793. The number of thiazole rings is 1. The predicted molar refractivity (Wildman–Crippen MR) is 116 cm³/mol. The molecule has 0 saturated heterocycles. The van der Waals surface area contributed by atoms with Gasteiger partial charge in [0.1, 0.15) is 5.01 Å². The topological polar surface area (TPSA) is 43.6 Å². The first-order valence-electron chi connectivity index (χ1n) is 8.75. The Kier molecular flexibility index (Phi) is 5.43. The lowest BCUT2D eigenvalue weighted by Gasteiger charge is -2.01. The molecule has 0 unspecified atom stereocenters. The van der Waals surface area contributed by atoms with Gasteiger partial charge in [-0.2, -0.15) is 0 Å². The minimum Gasteiger partial charge on any atom is -0.305 e. The van der Waals surface area contributed by atoms with Crippen molar-refractivity contribution in [3.05, 3.63) is 57.2 Å². The molecule has 0 radical (unpaired) electrons. The monoisotopic (exact) mass is 412 g/mol. The lowest BCUT2D eigenvalue weighted by Crippen LogP contribution is -1.94. The molecular weight excluding hydrogens is 392 g/mol. The molecule has 0 aliphatic rings. The molecule has 0 N–H and O–H groups in total. The zero-order chi connectivity index (χ0) is 18.8. The Morgan fingerprint density at radius 3 is 2.59 bits per heavy atom. The summed E-state index contributed by atoms with van der Waals surface area (Å²) in [6.45, 7) is 4.27. The summed E-state index contributed by atoms with van der Waals surface area (Å²) in [6, 6.07) is 10.7. The van der Waals surface area contributed by atoms with Gasteiger partial charge in [0.05, 0.1) is 5.69 Å². The Hall–Kier alpha value is -1.96. The van der Waals surface area contributed by atoms with Crippen LogP contribution in [0.2, 0.25) is 0 Å². The molecule has 4 nitrogen and oxygen atoms in total. The van der Waals surface area contributed by atoms with Gasteiger partial charge in [-0.05, 0) is 19.4 Å². The van der Waals surface area contributed by atoms with E-state index in [2.05, 4.69) is 69.7 Å². The standard InChI is InChI=1S/C20H20N4S3/c1-4-17-9-15(10-25-17)18-22-23-20(24(18)3)27-12-16-11-26-19(21-16)14-7-5-13(2)6-8-14/h5-11H,4,12H2,1-3H3. The van der Waals surface area contributed by atoms with Crippen molar-refractivity contribution in [2.75, 3.05) is 0 Å². The normalized spacial score (nSPS) is 11.2. The van der Waals surface area contributed by atoms with Gasteiger partial charge in [0.15, 0.2) is 11.0 Å². The third kappa shape index (κ3) is 4.00. The summed E-state index contributed by atoms with van der Waals surface area (Å²) in [6.07, 6.45) is 1.05. The minimum absolute atomic E-state index is 0.790. The summed E-state index contributed by atoms with van der Waals surface area (Å²) in [5.41, 5.74) is 4.66. The van der Waals surface area contributed by atoms with Crippen LogP contribution in [-0.2, 0) is 19.2 Å². The predicted octanol–water partition coefficient (Wildman–Crippen LogP) is 5.83. The first-order valence-corrected chi connectivity index (χ1v) is 11.5. The number of aromatic nitrogens is 4. The summed E-state index contributed by atoms with van der Waals surface area (Å²) in [5.74, 6) is 1.71. The number of thioether (sulfide) groups is 1. The van der Waals surface area contributed by atoms with Gasteiger partial charge in [0.2, 0.25) is 0 Å². The Morgan fingerprint density at radius 1 is 1.04 bits per heavy atom. The third-order valence-electron chi connectivity index (χ3n) is 4.29. The van der Waals surface area contributed by atoms with Crippen LogP contribution in [0, 0.1) is 6.92 Å². The molecule has 0 amide bonds. The summed E-state index contributed by atoms with van der Waals surface area (Å²) in [4.78, 5) is 6.14. The van der Waals surface area contributed by atoms with E-state index in [4.69, 9.17) is 4.98 Å². The van der Waals surface area contributed by atoms with Crippen molar-refractivity contribution in [2.45, 2.75) is 31.2 Å². The molecule has 4 aromatic rings. The number of thiophene rings is 1. The summed E-state index contributed by atoms with van der Waals surface area (Å²) >= 11 is 5.14. The summed E-state index contributed by atoms with van der Waals surface area (Å²) in [7, 11) is 2.03. The van der Waals surface area contributed by atoms with Gasteiger partial charge in [-0.15, -0.1) is 32.9 Å². The molecule has 3 aromatic heterocycles.